The molecular formula is C37H26. The Bertz CT molecular complexity index is 2230. The Morgan fingerprint density at radius 2 is 0.946 bits per heavy atom. The van der Waals surface area contributed by atoms with Crippen molar-refractivity contribution in [1.82, 2.24) is 0 Å². The van der Waals surface area contributed by atoms with Gasteiger partial charge in [-0.3, -0.25) is 0 Å². The van der Waals surface area contributed by atoms with E-state index in [0.29, 0.717) is 16.7 Å². The van der Waals surface area contributed by atoms with Crippen molar-refractivity contribution in [2.75, 3.05) is 0 Å². The molecule has 0 aliphatic rings. The van der Waals surface area contributed by atoms with Gasteiger partial charge in [0.2, 0.25) is 0 Å². The lowest BCUT2D eigenvalue weighted by Gasteiger charge is -2.18. The van der Waals surface area contributed by atoms with Gasteiger partial charge in [-0.25, -0.2) is 0 Å². The zero-order chi connectivity index (χ0) is 31.6. The van der Waals surface area contributed by atoms with Gasteiger partial charge in [0.25, 0.3) is 0 Å². The van der Waals surface area contributed by atoms with Crippen molar-refractivity contribution in [3.05, 3.63) is 157 Å². The lowest BCUT2D eigenvalue weighted by molar-refractivity contribution is 1.26. The predicted molar refractivity (Wildman–Crippen MR) is 159 cm³/mol. The zero-order valence-electron chi connectivity index (χ0n) is 27.9. The summed E-state index contributed by atoms with van der Waals surface area (Å²) in [5, 5.41) is 2.96. The van der Waals surface area contributed by atoms with Gasteiger partial charge in [0, 0.05) is 0 Å². The molecule has 0 saturated heterocycles. The van der Waals surface area contributed by atoms with Crippen LogP contribution in [-0.2, 0) is 6.42 Å². The van der Waals surface area contributed by atoms with Gasteiger partial charge < -0.3 is 0 Å². The number of hydrogen-bond acceptors (Lipinski definition) is 0. The van der Waals surface area contributed by atoms with Crippen molar-refractivity contribution in [2.24, 2.45) is 0 Å². The second-order valence-corrected chi connectivity index (χ2v) is 9.08. The molecule has 0 nitrogen and oxygen atoms in total. The second-order valence-electron chi connectivity index (χ2n) is 9.08. The lowest BCUT2D eigenvalue weighted by atomic mass is 9.85. The molecule has 0 bridgehead atoms. The molecule has 0 heterocycles. The molecule has 0 aliphatic carbocycles. The van der Waals surface area contributed by atoms with E-state index in [1.807, 2.05) is 60.7 Å². The van der Waals surface area contributed by atoms with Crippen molar-refractivity contribution in [1.29, 1.82) is 0 Å². The highest BCUT2D eigenvalue weighted by Crippen LogP contribution is 2.41. The summed E-state index contributed by atoms with van der Waals surface area (Å²) in [7, 11) is 0. The Balaban J connectivity index is 1.66. The third kappa shape index (κ3) is 3.70. The summed E-state index contributed by atoms with van der Waals surface area (Å²) in [5.41, 5.74) is 4.40. The third-order valence-electron chi connectivity index (χ3n) is 7.01. The molecule has 0 heteroatoms. The van der Waals surface area contributed by atoms with Crippen molar-refractivity contribution in [2.45, 2.75) is 6.42 Å². The summed E-state index contributed by atoms with van der Waals surface area (Å²) in [6.07, 6.45) is 0.182. The summed E-state index contributed by atoms with van der Waals surface area (Å²) >= 11 is 0. The van der Waals surface area contributed by atoms with Crippen molar-refractivity contribution in [3.8, 4) is 22.3 Å². The summed E-state index contributed by atoms with van der Waals surface area (Å²) in [5.74, 6) is 0. The molecule has 7 aromatic rings. The second kappa shape index (κ2) is 9.08. The quantitative estimate of drug-likeness (QED) is 0.221. The first kappa shape index (κ1) is 14.8. The van der Waals surface area contributed by atoms with Crippen LogP contribution in [0.3, 0.4) is 0 Å². The molecule has 7 rings (SSSR count). The summed E-state index contributed by atoms with van der Waals surface area (Å²) in [4.78, 5) is 0. The Morgan fingerprint density at radius 3 is 1.57 bits per heavy atom. The Labute approximate surface area is 228 Å². The van der Waals surface area contributed by atoms with Gasteiger partial charge in [-0.05, 0) is 72.1 Å². The molecule has 0 radical (unpaired) electrons. The van der Waals surface area contributed by atoms with Crippen LogP contribution in [0.25, 0.3) is 54.6 Å². The fraction of sp³-hybridized carbons (Fsp3) is 0.0270. The Hall–Kier alpha value is -4.68. The van der Waals surface area contributed by atoms with Crippen LogP contribution in [0.15, 0.2) is 145 Å². The van der Waals surface area contributed by atoms with Gasteiger partial charge in [-0.15, -0.1) is 0 Å². The number of fused-ring (bicyclic) bond motifs is 3. The van der Waals surface area contributed by atoms with Crippen molar-refractivity contribution < 1.29 is 11.0 Å². The van der Waals surface area contributed by atoms with E-state index in [4.69, 9.17) is 11.0 Å². The van der Waals surface area contributed by atoms with E-state index >= 15 is 0 Å². The van der Waals surface area contributed by atoms with Gasteiger partial charge in [0.05, 0.1) is 11.0 Å². The fourth-order valence-electron chi connectivity index (χ4n) is 5.35. The maximum Gasteiger partial charge on any atom is 0.0629 e. The van der Waals surface area contributed by atoms with E-state index in [1.54, 1.807) is 24.3 Å². The molecule has 0 unspecified atom stereocenters. The largest absolute Gasteiger partial charge is 0.0629 e. The molecular weight excluding hydrogens is 444 g/mol. The summed E-state index contributed by atoms with van der Waals surface area (Å²) in [6, 6.07) is 28.6. The average molecular weight is 479 g/mol. The molecule has 0 N–H and O–H groups in total. The summed E-state index contributed by atoms with van der Waals surface area (Å²) < 4.78 is 70.7. The normalized spacial score (nSPS) is 14.4. The molecule has 174 valence electrons. The van der Waals surface area contributed by atoms with Crippen molar-refractivity contribution >= 4 is 32.3 Å². The molecule has 0 saturated carbocycles. The third-order valence-corrected chi connectivity index (χ3v) is 7.01. The number of rotatable bonds is 4. The highest BCUT2D eigenvalue weighted by Gasteiger charge is 2.16. The standard InChI is InChI=1S/C37H26/c1-3-13-26(14-4-1)30-24-23-28(29-17-7-8-18-31(29)30)25-36-32-19-9-11-21-34(32)37(27-15-5-2-6-16-27)35-22-12-10-20-33(35)36/h1-24H,25H2/i9D,10D,11D,12D,19D,20D,21D,22D. The number of hydrogen-bond donors (Lipinski definition) is 0. The number of benzene rings is 7. The van der Waals surface area contributed by atoms with Crippen LogP contribution in [0.1, 0.15) is 22.1 Å². The van der Waals surface area contributed by atoms with Crippen LogP contribution in [0.2, 0.25) is 0 Å². The topological polar surface area (TPSA) is 0 Å². The average Bonchev–Trinajstić information content (AvgIpc) is 3.08. The van der Waals surface area contributed by atoms with Gasteiger partial charge >= 0.3 is 0 Å². The van der Waals surface area contributed by atoms with Crippen LogP contribution < -0.4 is 0 Å². The first-order valence-electron chi connectivity index (χ1n) is 16.3. The maximum absolute atomic E-state index is 9.11. The first-order chi connectivity index (χ1) is 21.7. The van der Waals surface area contributed by atoms with Crippen molar-refractivity contribution in [3.63, 3.8) is 0 Å². The fourth-order valence-corrected chi connectivity index (χ4v) is 5.35. The van der Waals surface area contributed by atoms with Crippen LogP contribution in [0.4, 0.5) is 0 Å². The van der Waals surface area contributed by atoms with Gasteiger partial charge in [-0.2, -0.15) is 0 Å². The molecule has 0 atom stereocenters. The minimum atomic E-state index is -0.395. The molecule has 0 amide bonds. The highest BCUT2D eigenvalue weighted by molar-refractivity contribution is 6.15. The first-order valence-corrected chi connectivity index (χ1v) is 12.3. The van der Waals surface area contributed by atoms with Crippen LogP contribution in [0, 0.1) is 0 Å². The summed E-state index contributed by atoms with van der Waals surface area (Å²) in [6.45, 7) is 0. The molecule has 0 fully saturated rings. The lowest BCUT2D eigenvalue weighted by Crippen LogP contribution is -1.97. The molecule has 7 aromatic carbocycles. The molecule has 0 aliphatic heterocycles. The highest BCUT2D eigenvalue weighted by atomic mass is 14.2. The predicted octanol–water partition coefficient (Wildman–Crippen LogP) is 10.1. The monoisotopic (exact) mass is 478 g/mol. The maximum atomic E-state index is 9.11. The van der Waals surface area contributed by atoms with E-state index in [0.717, 1.165) is 27.5 Å². The minimum Gasteiger partial charge on any atom is -0.0622 e. The van der Waals surface area contributed by atoms with Crippen LogP contribution >= 0.6 is 0 Å². The van der Waals surface area contributed by atoms with E-state index in [-0.39, 0.29) is 52.1 Å². The van der Waals surface area contributed by atoms with E-state index < -0.39 is 24.2 Å². The smallest absolute Gasteiger partial charge is 0.0622 e. The van der Waals surface area contributed by atoms with E-state index in [1.165, 1.54) is 0 Å². The molecule has 0 aromatic heterocycles. The van der Waals surface area contributed by atoms with E-state index in [9.17, 15) is 0 Å². The Morgan fingerprint density at radius 1 is 0.432 bits per heavy atom. The SMILES string of the molecule is [2H]c1c([2H])c([2H])c2c(-c3ccccc3)c3c([2H])c([2H])c([2H])c([2H])c3c(Cc3ccc(-c4ccccc4)c4ccccc34)c2c1[2H]. The molecule has 37 heavy (non-hydrogen) atoms. The van der Waals surface area contributed by atoms with Crippen LogP contribution in [-0.4, -0.2) is 0 Å². The van der Waals surface area contributed by atoms with Gasteiger partial charge in [0.15, 0.2) is 0 Å². The van der Waals surface area contributed by atoms with Gasteiger partial charge in [-0.1, -0.05) is 145 Å². The minimum absolute atomic E-state index is 0.182. The Kier molecular flexibility index (Phi) is 3.63. The van der Waals surface area contributed by atoms with E-state index in [2.05, 4.69) is 12.1 Å². The molecule has 0 spiro atoms. The zero-order valence-corrected chi connectivity index (χ0v) is 19.9. The van der Waals surface area contributed by atoms with Gasteiger partial charge in [0.1, 0.15) is 0 Å². The van der Waals surface area contributed by atoms with Crippen LogP contribution in [0.5, 0.6) is 0 Å².